The Labute approximate surface area is 186 Å². The predicted molar refractivity (Wildman–Crippen MR) is 116 cm³/mol. The van der Waals surface area contributed by atoms with E-state index in [-0.39, 0.29) is 57.6 Å². The van der Waals surface area contributed by atoms with Crippen LogP contribution in [0.15, 0.2) is 48.5 Å². The number of amides is 2. The lowest BCUT2D eigenvalue weighted by molar-refractivity contribution is -0.126. The molecule has 2 aliphatic rings. The number of hydrogen-bond donors (Lipinski definition) is 2. The van der Waals surface area contributed by atoms with E-state index in [0.29, 0.717) is 0 Å². The zero-order valence-electron chi connectivity index (χ0n) is 17.7. The van der Waals surface area contributed by atoms with Gasteiger partial charge < -0.3 is 19.9 Å². The van der Waals surface area contributed by atoms with Crippen molar-refractivity contribution in [3.05, 3.63) is 59.7 Å². The molecule has 1 fully saturated rings. The second kappa shape index (κ2) is 9.93. The molecule has 1 aliphatic heterocycles. The molecule has 2 N–H and O–H groups in total. The fraction of sp³-hybridized carbons (Fsp3) is 0.375. The van der Waals surface area contributed by atoms with Crippen molar-refractivity contribution in [2.45, 2.75) is 18.4 Å². The molecule has 2 amide bonds. The highest BCUT2D eigenvalue weighted by molar-refractivity contribution is 5.97. The van der Waals surface area contributed by atoms with Crippen LogP contribution in [-0.2, 0) is 19.1 Å². The Morgan fingerprint density at radius 1 is 1.03 bits per heavy atom. The lowest BCUT2D eigenvalue weighted by Gasteiger charge is -2.23. The first kappa shape index (κ1) is 22.0. The summed E-state index contributed by atoms with van der Waals surface area (Å²) in [7, 11) is 0. The molecule has 0 aromatic heterocycles. The van der Waals surface area contributed by atoms with Gasteiger partial charge in [0.2, 0.25) is 5.91 Å². The molecule has 2 aromatic carbocycles. The van der Waals surface area contributed by atoms with E-state index in [0.717, 1.165) is 22.3 Å². The second-order valence-corrected chi connectivity index (χ2v) is 7.82. The highest BCUT2D eigenvalue weighted by Gasteiger charge is 2.40. The van der Waals surface area contributed by atoms with Crippen molar-refractivity contribution in [1.82, 2.24) is 10.2 Å². The first-order valence-corrected chi connectivity index (χ1v) is 10.7. The van der Waals surface area contributed by atoms with Crippen molar-refractivity contribution in [1.29, 1.82) is 0 Å². The number of ether oxygens (including phenoxy) is 2. The first-order chi connectivity index (χ1) is 15.6. The maximum atomic E-state index is 12.8. The van der Waals surface area contributed by atoms with Crippen LogP contribution < -0.4 is 5.32 Å². The van der Waals surface area contributed by atoms with E-state index in [1.165, 1.54) is 4.90 Å². The molecule has 2 aromatic rings. The summed E-state index contributed by atoms with van der Waals surface area (Å²) in [5.74, 6) is -0.701. The molecule has 1 heterocycles. The summed E-state index contributed by atoms with van der Waals surface area (Å²) in [5, 5.41) is 11.4. The van der Waals surface area contributed by atoms with E-state index in [1.54, 1.807) is 0 Å². The number of rotatable bonds is 8. The normalized spacial score (nSPS) is 17.2. The third kappa shape index (κ3) is 4.51. The highest BCUT2D eigenvalue weighted by atomic mass is 16.6. The quantitative estimate of drug-likeness (QED) is 0.608. The number of hydrogen-bond acceptors (Lipinski definition) is 6. The number of carbonyl (C=O) groups is 3. The van der Waals surface area contributed by atoms with Gasteiger partial charge in [0.1, 0.15) is 12.6 Å². The van der Waals surface area contributed by atoms with Crippen molar-refractivity contribution < 1.29 is 29.0 Å². The molecule has 1 aliphatic carbocycles. The number of likely N-dealkylation sites (tertiary alicyclic amines) is 1. The predicted octanol–water partition coefficient (Wildman–Crippen LogP) is 1.70. The minimum Gasteiger partial charge on any atom is -0.448 e. The second-order valence-electron chi connectivity index (χ2n) is 7.82. The molecule has 1 saturated heterocycles. The van der Waals surface area contributed by atoms with Gasteiger partial charge in [-0.25, -0.2) is 4.79 Å². The van der Waals surface area contributed by atoms with E-state index in [1.807, 2.05) is 36.4 Å². The molecular weight excluding hydrogens is 412 g/mol. The van der Waals surface area contributed by atoms with Crippen molar-refractivity contribution in [2.24, 2.45) is 0 Å². The topological polar surface area (TPSA) is 105 Å². The molecule has 0 radical (unpaired) electrons. The molecular formula is C24H26N2O6. The maximum absolute atomic E-state index is 12.8. The van der Waals surface area contributed by atoms with Crippen molar-refractivity contribution in [3.63, 3.8) is 0 Å². The lowest BCUT2D eigenvalue weighted by atomic mass is 9.98. The minimum absolute atomic E-state index is 0.0342. The highest BCUT2D eigenvalue weighted by Crippen LogP contribution is 2.44. The number of nitrogens with zero attached hydrogens (tertiary/aromatic N) is 1. The monoisotopic (exact) mass is 438 g/mol. The number of aliphatic hydroxyl groups excluding tert-OH is 1. The average Bonchev–Trinajstić information content (AvgIpc) is 3.35. The Bertz CT molecular complexity index is 962. The van der Waals surface area contributed by atoms with E-state index in [4.69, 9.17) is 14.6 Å². The maximum Gasteiger partial charge on any atom is 0.410 e. The van der Waals surface area contributed by atoms with Gasteiger partial charge in [0.05, 0.1) is 26.4 Å². The number of carbonyl (C=O) groups excluding carboxylic acids is 3. The van der Waals surface area contributed by atoms with Crippen LogP contribution in [0.4, 0.5) is 4.79 Å². The van der Waals surface area contributed by atoms with E-state index in [9.17, 15) is 14.4 Å². The summed E-state index contributed by atoms with van der Waals surface area (Å²) < 4.78 is 10.7. The van der Waals surface area contributed by atoms with Gasteiger partial charge in [-0.15, -0.1) is 0 Å². The Morgan fingerprint density at radius 2 is 1.69 bits per heavy atom. The third-order valence-electron chi connectivity index (χ3n) is 5.80. The lowest BCUT2D eigenvalue weighted by Crippen LogP contribution is -2.47. The third-order valence-corrected chi connectivity index (χ3v) is 5.80. The van der Waals surface area contributed by atoms with Crippen LogP contribution in [0.25, 0.3) is 11.1 Å². The van der Waals surface area contributed by atoms with Crippen molar-refractivity contribution in [2.75, 3.05) is 39.5 Å². The number of Topliss-reactive ketones (excluding diaryl/α,β-unsaturated/α-hetero) is 1. The smallest absolute Gasteiger partial charge is 0.410 e. The minimum atomic E-state index is -0.893. The van der Waals surface area contributed by atoms with Crippen LogP contribution in [0.5, 0.6) is 0 Å². The summed E-state index contributed by atoms with van der Waals surface area (Å²) in [6.07, 6.45) is -0.706. The van der Waals surface area contributed by atoms with Gasteiger partial charge in [0.15, 0.2) is 5.78 Å². The van der Waals surface area contributed by atoms with Gasteiger partial charge in [-0.1, -0.05) is 48.5 Å². The summed E-state index contributed by atoms with van der Waals surface area (Å²) in [5.41, 5.74) is 4.44. The Kier molecular flexibility index (Phi) is 6.82. The number of nitrogens with one attached hydrogen (secondary N) is 1. The van der Waals surface area contributed by atoms with E-state index in [2.05, 4.69) is 17.4 Å². The Balaban J connectivity index is 1.39. The Morgan fingerprint density at radius 3 is 2.34 bits per heavy atom. The molecule has 4 rings (SSSR count). The van der Waals surface area contributed by atoms with Crippen molar-refractivity contribution in [3.8, 4) is 11.1 Å². The van der Waals surface area contributed by atoms with E-state index >= 15 is 0 Å². The molecule has 168 valence electrons. The summed E-state index contributed by atoms with van der Waals surface area (Å²) >= 11 is 0. The van der Waals surface area contributed by atoms with Crippen molar-refractivity contribution >= 4 is 17.8 Å². The van der Waals surface area contributed by atoms with Crippen LogP contribution in [0, 0.1) is 0 Å². The molecule has 0 spiro atoms. The van der Waals surface area contributed by atoms with Crippen LogP contribution in [0.2, 0.25) is 0 Å². The molecule has 0 bridgehead atoms. The SMILES string of the molecule is O=C1C[C@@H](C(=O)NCCOCCO)N(C(=O)OCC2c3ccccc3-c3ccccc32)C1. The summed E-state index contributed by atoms with van der Waals surface area (Å²) in [4.78, 5) is 38.5. The summed E-state index contributed by atoms with van der Waals surface area (Å²) in [6.45, 7) is 0.529. The van der Waals surface area contributed by atoms with Crippen LogP contribution in [0.1, 0.15) is 23.5 Å². The largest absolute Gasteiger partial charge is 0.448 e. The number of aliphatic hydroxyl groups is 1. The van der Waals surface area contributed by atoms with Gasteiger partial charge in [-0.2, -0.15) is 0 Å². The fourth-order valence-electron chi connectivity index (χ4n) is 4.32. The molecule has 0 unspecified atom stereocenters. The summed E-state index contributed by atoms with van der Waals surface area (Å²) in [6, 6.07) is 15.2. The van der Waals surface area contributed by atoms with Gasteiger partial charge in [0, 0.05) is 18.9 Å². The standard InChI is InChI=1S/C24H26N2O6/c27-10-12-31-11-9-25-23(29)22-13-16(28)14-26(22)24(30)32-15-21-19-7-3-1-5-17(19)18-6-2-4-8-20(18)21/h1-8,21-22,27H,9-15H2,(H,25,29)/t22-/m0/s1. The number of ketones is 1. The molecule has 0 saturated carbocycles. The molecule has 32 heavy (non-hydrogen) atoms. The fourth-order valence-corrected chi connectivity index (χ4v) is 4.32. The number of benzene rings is 2. The van der Waals surface area contributed by atoms with Gasteiger partial charge >= 0.3 is 6.09 Å². The zero-order valence-corrected chi connectivity index (χ0v) is 17.7. The molecule has 1 atom stereocenters. The first-order valence-electron chi connectivity index (χ1n) is 10.7. The van der Waals surface area contributed by atoms with Gasteiger partial charge in [-0.05, 0) is 22.3 Å². The molecule has 8 heteroatoms. The number of fused-ring (bicyclic) bond motifs is 3. The molecule has 8 nitrogen and oxygen atoms in total. The zero-order chi connectivity index (χ0) is 22.5. The van der Waals surface area contributed by atoms with Crippen LogP contribution in [-0.4, -0.2) is 73.3 Å². The van der Waals surface area contributed by atoms with Gasteiger partial charge in [0.25, 0.3) is 0 Å². The van der Waals surface area contributed by atoms with Crippen LogP contribution >= 0.6 is 0 Å². The van der Waals surface area contributed by atoms with Gasteiger partial charge in [-0.3, -0.25) is 14.5 Å². The van der Waals surface area contributed by atoms with Crippen LogP contribution in [0.3, 0.4) is 0 Å². The Hall–Kier alpha value is -3.23. The van der Waals surface area contributed by atoms with E-state index < -0.39 is 18.0 Å². The average molecular weight is 438 g/mol.